The Morgan fingerprint density at radius 1 is 1.38 bits per heavy atom. The van der Waals surface area contributed by atoms with Crippen molar-refractivity contribution in [1.82, 2.24) is 4.90 Å². The van der Waals surface area contributed by atoms with Crippen LogP contribution in [0.1, 0.15) is 18.7 Å². The minimum Gasteiger partial charge on any atom is -0.495 e. The molecule has 1 aromatic carbocycles. The highest BCUT2D eigenvalue weighted by atomic mass is 35.5. The maximum absolute atomic E-state index is 6.16. The molecule has 0 fully saturated rings. The highest BCUT2D eigenvalue weighted by Crippen LogP contribution is 2.28. The second-order valence-electron chi connectivity index (χ2n) is 5.16. The summed E-state index contributed by atoms with van der Waals surface area (Å²) >= 11 is 11.7. The van der Waals surface area contributed by atoms with Crippen molar-refractivity contribution < 1.29 is 13.9 Å². The smallest absolute Gasteiger partial charge is 0.174 e. The van der Waals surface area contributed by atoms with Gasteiger partial charge in [0, 0.05) is 19.3 Å². The van der Waals surface area contributed by atoms with E-state index in [-0.39, 0.29) is 6.04 Å². The van der Waals surface area contributed by atoms with Gasteiger partial charge in [-0.15, -0.1) is 0 Å². The number of halogens is 1. The third kappa shape index (κ3) is 4.63. The molecule has 0 aliphatic rings. The monoisotopic (exact) mass is 368 g/mol. The molecular weight excluding hydrogens is 348 g/mol. The number of nitrogens with one attached hydrogen (secondary N) is 1. The van der Waals surface area contributed by atoms with Gasteiger partial charge in [-0.2, -0.15) is 0 Å². The molecule has 0 amide bonds. The number of nitrogens with zero attached hydrogens (tertiary/aromatic N) is 1. The predicted octanol–water partition coefficient (Wildman–Crippen LogP) is 4.35. The largest absolute Gasteiger partial charge is 0.495 e. The van der Waals surface area contributed by atoms with Crippen LogP contribution in [0.3, 0.4) is 0 Å². The first-order valence-corrected chi connectivity index (χ1v) is 8.29. The fourth-order valence-electron chi connectivity index (χ4n) is 2.28. The Labute approximate surface area is 152 Å². The topological polar surface area (TPSA) is 46.9 Å². The fourth-order valence-corrected chi connectivity index (χ4v) is 2.91. The molecule has 1 heterocycles. The Bertz CT molecular complexity index is 664. The van der Waals surface area contributed by atoms with E-state index in [1.807, 2.05) is 30.0 Å². The summed E-state index contributed by atoms with van der Waals surface area (Å²) in [6, 6.07) is 9.20. The number of anilines is 1. The van der Waals surface area contributed by atoms with Gasteiger partial charge in [-0.1, -0.05) is 11.6 Å². The van der Waals surface area contributed by atoms with E-state index in [0.717, 1.165) is 11.4 Å². The summed E-state index contributed by atoms with van der Waals surface area (Å²) in [5.74, 6) is 1.45. The van der Waals surface area contributed by atoms with Crippen LogP contribution in [0.4, 0.5) is 5.69 Å². The van der Waals surface area contributed by atoms with Crippen molar-refractivity contribution >= 4 is 34.6 Å². The third-order valence-electron chi connectivity index (χ3n) is 3.62. The maximum atomic E-state index is 6.16. The summed E-state index contributed by atoms with van der Waals surface area (Å²) in [7, 11) is 3.24. The molecule has 2 aromatic rings. The van der Waals surface area contributed by atoms with Crippen molar-refractivity contribution in [1.29, 1.82) is 0 Å². The van der Waals surface area contributed by atoms with Gasteiger partial charge in [0.15, 0.2) is 5.11 Å². The zero-order valence-corrected chi connectivity index (χ0v) is 15.5. The van der Waals surface area contributed by atoms with Crippen molar-refractivity contribution in [3.05, 3.63) is 47.4 Å². The molecule has 1 unspecified atom stereocenters. The number of methoxy groups -OCH3 is 2. The van der Waals surface area contributed by atoms with E-state index in [1.165, 1.54) is 0 Å². The normalized spacial score (nSPS) is 11.8. The number of furan rings is 1. The molecule has 0 aliphatic carbocycles. The Morgan fingerprint density at radius 2 is 2.17 bits per heavy atom. The number of rotatable bonds is 7. The molecule has 1 aromatic heterocycles. The zero-order valence-electron chi connectivity index (χ0n) is 13.9. The first-order chi connectivity index (χ1) is 11.6. The Hall–Kier alpha value is -1.76. The van der Waals surface area contributed by atoms with Crippen LogP contribution in [0.15, 0.2) is 41.0 Å². The summed E-state index contributed by atoms with van der Waals surface area (Å²) in [5, 5.41) is 4.29. The number of hydrogen-bond acceptors (Lipinski definition) is 4. The number of hydrogen-bond donors (Lipinski definition) is 1. The molecule has 0 radical (unpaired) electrons. The maximum Gasteiger partial charge on any atom is 0.174 e. The molecule has 1 N–H and O–H groups in total. The van der Waals surface area contributed by atoms with Gasteiger partial charge in [0.1, 0.15) is 11.5 Å². The lowest BCUT2D eigenvalue weighted by Crippen LogP contribution is -2.39. The minimum atomic E-state index is -0.0242. The number of ether oxygens (including phenoxy) is 2. The molecule has 0 saturated carbocycles. The lowest BCUT2D eigenvalue weighted by Gasteiger charge is -2.30. The minimum absolute atomic E-state index is 0.0242. The van der Waals surface area contributed by atoms with E-state index in [0.29, 0.717) is 29.0 Å². The van der Waals surface area contributed by atoms with E-state index >= 15 is 0 Å². The summed E-state index contributed by atoms with van der Waals surface area (Å²) < 4.78 is 15.9. The van der Waals surface area contributed by atoms with E-state index < -0.39 is 0 Å². The molecule has 5 nitrogen and oxygen atoms in total. The van der Waals surface area contributed by atoms with Gasteiger partial charge >= 0.3 is 0 Å². The average Bonchev–Trinajstić information content (AvgIpc) is 3.09. The first-order valence-electron chi connectivity index (χ1n) is 7.50. The quantitative estimate of drug-likeness (QED) is 0.733. The molecular formula is C17H21ClN2O3S. The van der Waals surface area contributed by atoms with Crippen LogP contribution in [0, 0.1) is 0 Å². The Morgan fingerprint density at radius 3 is 2.75 bits per heavy atom. The molecule has 2 rings (SSSR count). The van der Waals surface area contributed by atoms with Gasteiger partial charge in [-0.3, -0.25) is 0 Å². The molecule has 0 bridgehead atoms. The molecule has 1 atom stereocenters. The zero-order chi connectivity index (χ0) is 17.5. The summed E-state index contributed by atoms with van der Waals surface area (Å²) in [6.45, 7) is 3.22. The summed E-state index contributed by atoms with van der Waals surface area (Å²) in [5.41, 5.74) is 0.792. The molecule has 130 valence electrons. The van der Waals surface area contributed by atoms with Gasteiger partial charge in [0.2, 0.25) is 0 Å². The van der Waals surface area contributed by atoms with Crippen LogP contribution in [0.5, 0.6) is 5.75 Å². The first kappa shape index (κ1) is 18.6. The third-order valence-corrected chi connectivity index (χ3v) is 4.25. The Kier molecular flexibility index (Phi) is 6.90. The average molecular weight is 369 g/mol. The summed E-state index contributed by atoms with van der Waals surface area (Å²) in [4.78, 5) is 2.01. The van der Waals surface area contributed by atoms with Crippen LogP contribution in [0.25, 0.3) is 0 Å². The van der Waals surface area contributed by atoms with Gasteiger partial charge < -0.3 is 24.1 Å². The van der Waals surface area contributed by atoms with Crippen molar-refractivity contribution in [2.24, 2.45) is 0 Å². The number of thiocarbonyl (C=S) groups is 1. The van der Waals surface area contributed by atoms with Gasteiger partial charge in [-0.05, 0) is 49.5 Å². The second-order valence-corrected chi connectivity index (χ2v) is 5.95. The van der Waals surface area contributed by atoms with E-state index in [9.17, 15) is 0 Å². The lowest BCUT2D eigenvalue weighted by atomic mass is 10.2. The van der Waals surface area contributed by atoms with Crippen molar-refractivity contribution in [3.8, 4) is 5.75 Å². The van der Waals surface area contributed by atoms with Gasteiger partial charge in [-0.25, -0.2) is 0 Å². The van der Waals surface area contributed by atoms with Crippen molar-refractivity contribution in [3.63, 3.8) is 0 Å². The van der Waals surface area contributed by atoms with Gasteiger partial charge in [0.25, 0.3) is 0 Å². The number of benzene rings is 1. The van der Waals surface area contributed by atoms with Crippen LogP contribution < -0.4 is 10.1 Å². The fraction of sp³-hybridized carbons (Fsp3) is 0.353. The molecule has 0 aliphatic heterocycles. The van der Waals surface area contributed by atoms with Crippen LogP contribution in [0.2, 0.25) is 5.02 Å². The lowest BCUT2D eigenvalue weighted by molar-refractivity contribution is 0.160. The Balaban J connectivity index is 2.13. The van der Waals surface area contributed by atoms with Gasteiger partial charge in [0.05, 0.1) is 31.0 Å². The highest BCUT2D eigenvalue weighted by Gasteiger charge is 2.21. The van der Waals surface area contributed by atoms with Crippen LogP contribution >= 0.6 is 23.8 Å². The molecule has 0 spiro atoms. The van der Waals surface area contributed by atoms with Crippen molar-refractivity contribution in [2.45, 2.75) is 13.0 Å². The van der Waals surface area contributed by atoms with E-state index in [1.54, 1.807) is 32.6 Å². The van der Waals surface area contributed by atoms with E-state index in [4.69, 9.17) is 37.7 Å². The predicted molar refractivity (Wildman–Crippen MR) is 99.9 cm³/mol. The highest BCUT2D eigenvalue weighted by molar-refractivity contribution is 7.80. The van der Waals surface area contributed by atoms with Crippen LogP contribution in [-0.2, 0) is 4.74 Å². The summed E-state index contributed by atoms with van der Waals surface area (Å²) in [6.07, 6.45) is 1.65. The second kappa shape index (κ2) is 8.92. The molecule has 7 heteroatoms. The SMILES string of the molecule is COCCN(C(=S)Nc1ccc(OC)c(Cl)c1)C(C)c1ccco1. The molecule has 24 heavy (non-hydrogen) atoms. The standard InChI is InChI=1S/C17H21ClN2O3S/c1-12(15-5-4-9-23-15)20(8-10-21-2)17(24)19-13-6-7-16(22-3)14(18)11-13/h4-7,9,11-12H,8,10H2,1-3H3,(H,19,24). The molecule has 0 saturated heterocycles. The van der Waals surface area contributed by atoms with Crippen molar-refractivity contribution in [2.75, 3.05) is 32.7 Å². The van der Waals surface area contributed by atoms with E-state index in [2.05, 4.69) is 5.32 Å². The van der Waals surface area contributed by atoms with Crippen LogP contribution in [-0.4, -0.2) is 37.4 Å².